The second-order valence-electron chi connectivity index (χ2n) is 3.66. The van der Waals surface area contributed by atoms with Crippen molar-refractivity contribution in [2.24, 2.45) is 11.7 Å². The minimum atomic E-state index is -0.216. The Hall–Kier alpha value is -0.150. The molecule has 1 rings (SSSR count). The Morgan fingerprint density at radius 3 is 2.67 bits per heavy atom. The number of nitrogens with two attached hydrogens (primary N) is 1. The summed E-state index contributed by atoms with van der Waals surface area (Å²) in [6.07, 6.45) is 3.25. The fourth-order valence-corrected chi connectivity index (χ4v) is 1.69. The second kappa shape index (κ2) is 4.77. The summed E-state index contributed by atoms with van der Waals surface area (Å²) in [5.74, 6) is 0.791. The number of rotatable bonds is 6. The van der Waals surface area contributed by atoms with E-state index in [2.05, 4.69) is 4.90 Å². The minimum Gasteiger partial charge on any atom is -0.329 e. The van der Waals surface area contributed by atoms with Gasteiger partial charge in [0.25, 0.3) is 0 Å². The Morgan fingerprint density at radius 1 is 1.58 bits per heavy atom. The molecule has 2 N–H and O–H groups in total. The van der Waals surface area contributed by atoms with Crippen LogP contribution in [0.2, 0.25) is 0 Å². The van der Waals surface area contributed by atoms with Crippen molar-refractivity contribution in [2.45, 2.75) is 25.3 Å². The number of likely N-dealkylation sites (N-methyl/N-ethyl adjacent to an activating group) is 1. The molecule has 2 nitrogen and oxygen atoms in total. The quantitative estimate of drug-likeness (QED) is 0.651. The summed E-state index contributed by atoms with van der Waals surface area (Å²) >= 11 is 0. The maximum absolute atomic E-state index is 11.9. The number of hydrogen-bond acceptors (Lipinski definition) is 2. The van der Waals surface area contributed by atoms with E-state index in [1.807, 2.05) is 7.05 Å². The number of nitrogens with zero attached hydrogens (tertiary/aromatic N) is 1. The smallest absolute Gasteiger partial charge is 0.0906 e. The summed E-state index contributed by atoms with van der Waals surface area (Å²) in [6, 6.07) is 0.497. The summed E-state index contributed by atoms with van der Waals surface area (Å²) in [6.45, 7) is 1.34. The molecule has 1 saturated carbocycles. The van der Waals surface area contributed by atoms with Crippen LogP contribution >= 0.6 is 0 Å². The van der Waals surface area contributed by atoms with E-state index in [4.69, 9.17) is 5.73 Å². The van der Waals surface area contributed by atoms with Crippen LogP contribution in [-0.2, 0) is 0 Å². The lowest BCUT2D eigenvalue weighted by molar-refractivity contribution is 0.214. The highest BCUT2D eigenvalue weighted by Gasteiger charge is 2.32. The van der Waals surface area contributed by atoms with Gasteiger partial charge >= 0.3 is 0 Å². The van der Waals surface area contributed by atoms with Gasteiger partial charge in [0.05, 0.1) is 6.67 Å². The molecule has 72 valence electrons. The molecule has 1 aliphatic carbocycles. The molecule has 0 bridgehead atoms. The Morgan fingerprint density at radius 2 is 2.25 bits per heavy atom. The zero-order chi connectivity index (χ0) is 8.97. The third-order valence-electron chi connectivity index (χ3n) is 2.62. The standard InChI is InChI=1S/C9H19FN2/c1-12(6-2-5-10)9(7-11)8-3-4-8/h8-9H,2-7,11H2,1H3. The van der Waals surface area contributed by atoms with Crippen molar-refractivity contribution in [2.75, 3.05) is 26.8 Å². The second-order valence-corrected chi connectivity index (χ2v) is 3.66. The van der Waals surface area contributed by atoms with Crippen molar-refractivity contribution in [1.29, 1.82) is 0 Å². The van der Waals surface area contributed by atoms with Gasteiger partial charge in [0, 0.05) is 19.1 Å². The van der Waals surface area contributed by atoms with Crippen LogP contribution in [0.5, 0.6) is 0 Å². The van der Waals surface area contributed by atoms with Crippen LogP contribution < -0.4 is 5.73 Å². The van der Waals surface area contributed by atoms with E-state index in [0.29, 0.717) is 19.0 Å². The molecule has 1 aliphatic rings. The van der Waals surface area contributed by atoms with Crippen molar-refractivity contribution < 1.29 is 4.39 Å². The van der Waals surface area contributed by atoms with E-state index in [1.54, 1.807) is 0 Å². The first-order valence-electron chi connectivity index (χ1n) is 4.76. The van der Waals surface area contributed by atoms with Crippen molar-refractivity contribution in [3.63, 3.8) is 0 Å². The Kier molecular flexibility index (Phi) is 3.95. The molecule has 1 unspecified atom stereocenters. The van der Waals surface area contributed by atoms with Crippen LogP contribution in [0, 0.1) is 5.92 Å². The maximum Gasteiger partial charge on any atom is 0.0906 e. The minimum absolute atomic E-state index is 0.216. The summed E-state index contributed by atoms with van der Waals surface area (Å²) in [4.78, 5) is 2.21. The van der Waals surface area contributed by atoms with Gasteiger partial charge in [0.1, 0.15) is 0 Å². The molecular weight excluding hydrogens is 155 g/mol. The highest BCUT2D eigenvalue weighted by atomic mass is 19.1. The molecule has 0 saturated heterocycles. The van der Waals surface area contributed by atoms with Gasteiger partial charge in [-0.3, -0.25) is 4.39 Å². The summed E-state index contributed by atoms with van der Waals surface area (Å²) in [5.41, 5.74) is 5.65. The monoisotopic (exact) mass is 174 g/mol. The van der Waals surface area contributed by atoms with Crippen molar-refractivity contribution in [1.82, 2.24) is 4.90 Å². The van der Waals surface area contributed by atoms with Crippen molar-refractivity contribution in [3.8, 4) is 0 Å². The maximum atomic E-state index is 11.9. The fraction of sp³-hybridized carbons (Fsp3) is 1.00. The largest absolute Gasteiger partial charge is 0.329 e. The predicted octanol–water partition coefficient (Wildman–Crippen LogP) is 1.02. The molecule has 0 aromatic rings. The molecule has 0 radical (unpaired) electrons. The van der Waals surface area contributed by atoms with Gasteiger partial charge in [-0.2, -0.15) is 0 Å². The zero-order valence-electron chi connectivity index (χ0n) is 7.80. The predicted molar refractivity (Wildman–Crippen MR) is 48.8 cm³/mol. The Balaban J connectivity index is 2.21. The van der Waals surface area contributed by atoms with Gasteiger partial charge in [-0.25, -0.2) is 0 Å². The van der Waals surface area contributed by atoms with Crippen LogP contribution in [0.4, 0.5) is 4.39 Å². The number of halogens is 1. The van der Waals surface area contributed by atoms with Crippen LogP contribution in [0.1, 0.15) is 19.3 Å². The van der Waals surface area contributed by atoms with E-state index < -0.39 is 0 Å². The molecule has 0 aliphatic heterocycles. The third kappa shape index (κ3) is 2.72. The van der Waals surface area contributed by atoms with E-state index in [0.717, 1.165) is 12.5 Å². The molecule has 0 spiro atoms. The molecule has 1 atom stereocenters. The normalized spacial score (nSPS) is 20.0. The lowest BCUT2D eigenvalue weighted by atomic mass is 10.1. The van der Waals surface area contributed by atoms with Crippen molar-refractivity contribution >= 4 is 0 Å². The molecule has 1 fully saturated rings. The lowest BCUT2D eigenvalue weighted by Crippen LogP contribution is -2.40. The summed E-state index contributed by atoms with van der Waals surface area (Å²) < 4.78 is 11.9. The topological polar surface area (TPSA) is 29.3 Å². The van der Waals surface area contributed by atoms with E-state index in [1.165, 1.54) is 12.8 Å². The summed E-state index contributed by atoms with van der Waals surface area (Å²) in [7, 11) is 2.05. The average Bonchev–Trinajstić information content (AvgIpc) is 2.86. The summed E-state index contributed by atoms with van der Waals surface area (Å²) in [5, 5.41) is 0. The first-order chi connectivity index (χ1) is 5.79. The number of alkyl halides is 1. The number of hydrogen-bond donors (Lipinski definition) is 1. The Bertz CT molecular complexity index is 126. The van der Waals surface area contributed by atoms with Gasteiger partial charge in [-0.1, -0.05) is 0 Å². The van der Waals surface area contributed by atoms with Crippen LogP contribution in [-0.4, -0.2) is 37.8 Å². The molecule has 0 heterocycles. The average molecular weight is 174 g/mol. The highest BCUT2D eigenvalue weighted by molar-refractivity contribution is 4.87. The molecule has 3 heteroatoms. The highest BCUT2D eigenvalue weighted by Crippen LogP contribution is 2.34. The van der Waals surface area contributed by atoms with Crippen molar-refractivity contribution in [3.05, 3.63) is 0 Å². The molecule has 0 aromatic heterocycles. The van der Waals surface area contributed by atoms with Gasteiger partial charge in [-0.15, -0.1) is 0 Å². The van der Waals surface area contributed by atoms with E-state index >= 15 is 0 Å². The van der Waals surface area contributed by atoms with Crippen LogP contribution in [0.25, 0.3) is 0 Å². The molecule has 12 heavy (non-hydrogen) atoms. The van der Waals surface area contributed by atoms with E-state index in [-0.39, 0.29) is 6.67 Å². The van der Waals surface area contributed by atoms with Gasteiger partial charge < -0.3 is 10.6 Å². The molecular formula is C9H19FN2. The first-order valence-corrected chi connectivity index (χ1v) is 4.76. The molecule has 0 aromatic carbocycles. The SMILES string of the molecule is CN(CCCF)C(CN)C1CC1. The Labute approximate surface area is 73.9 Å². The third-order valence-corrected chi connectivity index (χ3v) is 2.62. The molecule has 0 amide bonds. The zero-order valence-corrected chi connectivity index (χ0v) is 7.80. The van der Waals surface area contributed by atoms with E-state index in [9.17, 15) is 4.39 Å². The van der Waals surface area contributed by atoms with Crippen LogP contribution in [0.15, 0.2) is 0 Å². The van der Waals surface area contributed by atoms with Gasteiger partial charge in [0.2, 0.25) is 0 Å². The van der Waals surface area contributed by atoms with Crippen LogP contribution in [0.3, 0.4) is 0 Å². The fourth-order valence-electron chi connectivity index (χ4n) is 1.69. The first kappa shape index (κ1) is 9.93. The van der Waals surface area contributed by atoms with Gasteiger partial charge in [-0.05, 0) is 32.2 Å². The lowest BCUT2D eigenvalue weighted by Gasteiger charge is -2.26. The van der Waals surface area contributed by atoms with Gasteiger partial charge in [0.15, 0.2) is 0 Å².